The van der Waals surface area contributed by atoms with Crippen LogP contribution in [-0.4, -0.2) is 28.7 Å². The summed E-state index contributed by atoms with van der Waals surface area (Å²) in [6.07, 6.45) is 0. The predicted molar refractivity (Wildman–Crippen MR) is 170 cm³/mol. The van der Waals surface area contributed by atoms with Gasteiger partial charge in [-0.15, -0.1) is 34.0 Å². The Morgan fingerprint density at radius 2 is 1.15 bits per heavy atom. The zero-order valence-corrected chi connectivity index (χ0v) is 25.8. The molecule has 0 aliphatic carbocycles. The Kier molecular flexibility index (Phi) is 9.28. The van der Waals surface area contributed by atoms with Crippen LogP contribution in [0.3, 0.4) is 0 Å². The minimum Gasteiger partial charge on any atom is -0.299 e. The number of hydrogen-bond donors (Lipinski definition) is 0. The molecule has 212 valence electrons. The maximum atomic E-state index is 11.9. The highest BCUT2D eigenvalue weighted by molar-refractivity contribution is 7.19. The van der Waals surface area contributed by atoms with Crippen molar-refractivity contribution >= 4 is 64.7 Å². The Balaban J connectivity index is 0.000000164. The first kappa shape index (κ1) is 31.1. The van der Waals surface area contributed by atoms with Crippen molar-refractivity contribution in [3.8, 4) is 0 Å². The second kappa shape index (κ2) is 11.9. The minimum absolute atomic E-state index is 0. The first-order valence-electron chi connectivity index (χ1n) is 12.1. The van der Waals surface area contributed by atoms with Crippen molar-refractivity contribution in [1.29, 1.82) is 0 Å². The van der Waals surface area contributed by atoms with E-state index in [1.54, 1.807) is 57.5 Å². The van der Waals surface area contributed by atoms with Crippen LogP contribution in [0.4, 0.5) is 0 Å². The molecule has 9 nitrogen and oxygen atoms in total. The van der Waals surface area contributed by atoms with E-state index < -0.39 is 0 Å². The van der Waals surface area contributed by atoms with Crippen LogP contribution in [0.25, 0.3) is 30.6 Å². The standard InChI is InChI=1S/C10H12N2OS.C9H10N2OS.C8H8N2OS.CH4/c1-5-6(2)14-9-8(5)10(13)12(4)7(3)11-9;1-5-4-7-8(13-5)10-6(2)11(3)9(7)12;1-5-9-7-6(3-4-12-7)8(11)10(5)2;/h1-4H3;4H,1-3H3;3-4H,1-2H3;1H4. The van der Waals surface area contributed by atoms with Gasteiger partial charge in [0.15, 0.2) is 0 Å². The van der Waals surface area contributed by atoms with E-state index in [0.717, 1.165) is 53.2 Å². The Hall–Kier alpha value is -3.48. The van der Waals surface area contributed by atoms with Crippen molar-refractivity contribution in [1.82, 2.24) is 28.7 Å². The fourth-order valence-corrected chi connectivity index (χ4v) is 6.65. The summed E-state index contributed by atoms with van der Waals surface area (Å²) in [5.74, 6) is 2.29. The van der Waals surface area contributed by atoms with Crippen LogP contribution < -0.4 is 16.7 Å². The zero-order chi connectivity index (χ0) is 28.8. The first-order chi connectivity index (χ1) is 18.3. The summed E-state index contributed by atoms with van der Waals surface area (Å²) in [6, 6.07) is 3.71. The fraction of sp³-hybridized carbons (Fsp3) is 0.357. The molecule has 0 radical (unpaired) electrons. The summed E-state index contributed by atoms with van der Waals surface area (Å²) in [4.78, 5) is 53.0. The van der Waals surface area contributed by atoms with E-state index >= 15 is 0 Å². The fourth-order valence-electron chi connectivity index (χ4n) is 3.86. The Bertz CT molecular complexity index is 2040. The van der Waals surface area contributed by atoms with Gasteiger partial charge < -0.3 is 0 Å². The smallest absolute Gasteiger partial charge is 0.262 e. The van der Waals surface area contributed by atoms with Gasteiger partial charge in [0.1, 0.15) is 32.0 Å². The molecule has 0 N–H and O–H groups in total. The van der Waals surface area contributed by atoms with E-state index in [0.29, 0.717) is 5.39 Å². The van der Waals surface area contributed by atoms with Crippen molar-refractivity contribution in [2.75, 3.05) is 0 Å². The lowest BCUT2D eigenvalue weighted by atomic mass is 10.2. The highest BCUT2D eigenvalue weighted by Crippen LogP contribution is 2.25. The predicted octanol–water partition coefficient (Wildman–Crippen LogP) is 5.47. The largest absolute Gasteiger partial charge is 0.299 e. The molecule has 0 bridgehead atoms. The third-order valence-electron chi connectivity index (χ3n) is 6.68. The van der Waals surface area contributed by atoms with Gasteiger partial charge in [-0.2, -0.15) is 0 Å². The second-order valence-electron chi connectivity index (χ2n) is 9.25. The molecule has 0 unspecified atom stereocenters. The molecule has 0 amide bonds. The topological polar surface area (TPSA) is 105 Å². The van der Waals surface area contributed by atoms with Gasteiger partial charge in [-0.1, -0.05) is 7.43 Å². The molecule has 6 heterocycles. The van der Waals surface area contributed by atoms with Crippen molar-refractivity contribution in [3.63, 3.8) is 0 Å². The molecule has 0 aromatic carbocycles. The SMILES string of the molecule is C.Cc1cc2c(=O)n(C)c(C)nc2s1.Cc1nc2sccc2c(=O)n1C.Cc1sc2nc(C)n(C)c(=O)c2c1C. The van der Waals surface area contributed by atoms with Gasteiger partial charge in [-0.25, -0.2) is 15.0 Å². The van der Waals surface area contributed by atoms with Gasteiger partial charge in [-0.05, 0) is 64.6 Å². The maximum Gasteiger partial charge on any atom is 0.262 e. The molecular formula is C28H34N6O3S3. The van der Waals surface area contributed by atoms with Gasteiger partial charge in [0, 0.05) is 30.9 Å². The molecule has 0 saturated heterocycles. The molecule has 0 aliphatic rings. The van der Waals surface area contributed by atoms with E-state index in [1.807, 2.05) is 59.1 Å². The summed E-state index contributed by atoms with van der Waals surface area (Å²) in [6.45, 7) is 11.5. The number of fused-ring (bicyclic) bond motifs is 3. The van der Waals surface area contributed by atoms with E-state index in [9.17, 15) is 14.4 Å². The van der Waals surface area contributed by atoms with Crippen molar-refractivity contribution in [2.45, 2.75) is 49.0 Å². The molecule has 40 heavy (non-hydrogen) atoms. The number of aromatic nitrogens is 6. The monoisotopic (exact) mass is 598 g/mol. The highest BCUT2D eigenvalue weighted by atomic mass is 32.1. The number of hydrogen-bond acceptors (Lipinski definition) is 9. The van der Waals surface area contributed by atoms with E-state index in [4.69, 9.17) is 0 Å². The molecule has 12 heteroatoms. The molecule has 0 atom stereocenters. The molecule has 0 fully saturated rings. The van der Waals surface area contributed by atoms with Crippen molar-refractivity contribution in [3.05, 3.63) is 81.4 Å². The average Bonchev–Trinajstić information content (AvgIpc) is 3.58. The van der Waals surface area contributed by atoms with Gasteiger partial charge >= 0.3 is 0 Å². The number of rotatable bonds is 0. The average molecular weight is 599 g/mol. The molecular weight excluding hydrogens is 565 g/mol. The molecule has 0 saturated carbocycles. The summed E-state index contributed by atoms with van der Waals surface area (Å²) in [5, 5.41) is 4.11. The molecule has 6 aromatic rings. The van der Waals surface area contributed by atoms with Gasteiger partial charge in [0.25, 0.3) is 16.7 Å². The zero-order valence-electron chi connectivity index (χ0n) is 23.4. The quantitative estimate of drug-likeness (QED) is 0.230. The second-order valence-corrected chi connectivity index (χ2v) is 12.6. The molecule has 0 aliphatic heterocycles. The third kappa shape index (κ3) is 5.70. The van der Waals surface area contributed by atoms with Crippen LogP contribution in [0.2, 0.25) is 0 Å². The number of thiophene rings is 3. The van der Waals surface area contributed by atoms with Crippen LogP contribution in [0.5, 0.6) is 0 Å². The van der Waals surface area contributed by atoms with Crippen LogP contribution in [-0.2, 0) is 21.1 Å². The lowest BCUT2D eigenvalue weighted by molar-refractivity contribution is 0.793. The summed E-state index contributed by atoms with van der Waals surface area (Å²) in [5.41, 5.74) is 1.22. The van der Waals surface area contributed by atoms with Crippen molar-refractivity contribution < 1.29 is 0 Å². The van der Waals surface area contributed by atoms with Crippen molar-refractivity contribution in [2.24, 2.45) is 21.1 Å². The van der Waals surface area contributed by atoms with Gasteiger partial charge in [0.05, 0.1) is 16.2 Å². The lowest BCUT2D eigenvalue weighted by Gasteiger charge is -2.01. The maximum absolute atomic E-state index is 11.9. The third-order valence-corrected chi connectivity index (χ3v) is 9.53. The van der Waals surface area contributed by atoms with E-state index in [-0.39, 0.29) is 24.1 Å². The number of nitrogens with zero attached hydrogens (tertiary/aromatic N) is 6. The first-order valence-corrected chi connectivity index (χ1v) is 14.6. The number of aryl methyl sites for hydroxylation is 6. The Morgan fingerprint density at radius 3 is 1.75 bits per heavy atom. The highest BCUT2D eigenvalue weighted by Gasteiger charge is 2.12. The van der Waals surface area contributed by atoms with E-state index in [1.165, 1.54) is 16.2 Å². The van der Waals surface area contributed by atoms with Crippen LogP contribution >= 0.6 is 34.0 Å². The van der Waals surface area contributed by atoms with Crippen LogP contribution in [0.15, 0.2) is 31.9 Å². The van der Waals surface area contributed by atoms with E-state index in [2.05, 4.69) is 15.0 Å². The summed E-state index contributed by atoms with van der Waals surface area (Å²) < 4.78 is 4.74. The van der Waals surface area contributed by atoms with Crippen LogP contribution in [0.1, 0.15) is 40.2 Å². The van der Waals surface area contributed by atoms with Gasteiger partial charge in [-0.3, -0.25) is 28.1 Å². The lowest BCUT2D eigenvalue weighted by Crippen LogP contribution is -2.20. The molecule has 0 spiro atoms. The normalized spacial score (nSPS) is 10.7. The molecule has 6 aromatic heterocycles. The molecule has 6 rings (SSSR count). The van der Waals surface area contributed by atoms with Gasteiger partial charge in [0.2, 0.25) is 0 Å². The Labute approximate surface area is 244 Å². The van der Waals surface area contributed by atoms with Crippen LogP contribution in [0, 0.1) is 41.5 Å². The Morgan fingerprint density at radius 1 is 0.650 bits per heavy atom. The summed E-state index contributed by atoms with van der Waals surface area (Å²) >= 11 is 4.66. The summed E-state index contributed by atoms with van der Waals surface area (Å²) in [7, 11) is 5.25. The minimum atomic E-state index is 0.